The Morgan fingerprint density at radius 2 is 2.05 bits per heavy atom. The second-order valence-electron chi connectivity index (χ2n) is 4.35. The Balaban J connectivity index is 2.06. The lowest BCUT2D eigenvalue weighted by Crippen LogP contribution is -2.26. The first-order valence-corrected chi connectivity index (χ1v) is 7.79. The summed E-state index contributed by atoms with van der Waals surface area (Å²) in [6, 6.07) is 14.1. The van der Waals surface area contributed by atoms with Crippen LogP contribution in [0.3, 0.4) is 0 Å². The van der Waals surface area contributed by atoms with Crippen molar-refractivity contribution in [1.82, 2.24) is 5.32 Å². The lowest BCUT2D eigenvalue weighted by atomic mass is 10.0. The molecule has 6 heteroatoms. The molecule has 4 nitrogen and oxygen atoms in total. The summed E-state index contributed by atoms with van der Waals surface area (Å²) in [7, 11) is 0. The number of hydrogen-bond acceptors (Lipinski definition) is 4. The molecule has 20 heavy (non-hydrogen) atoms. The van der Waals surface area contributed by atoms with Gasteiger partial charge in [-0.2, -0.15) is 0 Å². The van der Waals surface area contributed by atoms with Crippen LogP contribution in [-0.4, -0.2) is 11.0 Å². The van der Waals surface area contributed by atoms with Gasteiger partial charge in [0.05, 0.1) is 3.79 Å². The van der Waals surface area contributed by atoms with E-state index < -0.39 is 0 Å². The minimum absolute atomic E-state index is 0.0213. The molecule has 1 aromatic carbocycles. The van der Waals surface area contributed by atoms with Gasteiger partial charge in [0.25, 0.3) is 0 Å². The zero-order valence-electron chi connectivity index (χ0n) is 10.8. The summed E-state index contributed by atoms with van der Waals surface area (Å²) in [6.45, 7) is 0.745. The summed E-state index contributed by atoms with van der Waals surface area (Å²) in [4.78, 5) is 1.23. The zero-order chi connectivity index (χ0) is 14.4. The first-order valence-electron chi connectivity index (χ1n) is 6.18. The third-order valence-corrected chi connectivity index (χ3v) is 4.52. The number of hydrogen-bond donors (Lipinski definition) is 3. The number of halogens is 1. The average Bonchev–Trinajstić information content (AvgIpc) is 2.89. The van der Waals surface area contributed by atoms with Crippen LogP contribution in [0, 0.1) is 0 Å². The van der Waals surface area contributed by atoms with E-state index in [4.69, 9.17) is 10.9 Å². The van der Waals surface area contributed by atoms with Crippen LogP contribution in [-0.2, 0) is 6.54 Å². The first-order chi connectivity index (χ1) is 9.69. The Morgan fingerprint density at radius 3 is 2.65 bits per heavy atom. The molecule has 4 N–H and O–H groups in total. The molecule has 2 rings (SSSR count). The van der Waals surface area contributed by atoms with Crippen LogP contribution in [0.4, 0.5) is 0 Å². The maximum absolute atomic E-state index is 8.75. The number of nitrogens with zero attached hydrogens (tertiary/aromatic N) is 1. The molecule has 2 aromatic rings. The summed E-state index contributed by atoms with van der Waals surface area (Å²) in [5.41, 5.74) is 6.76. The number of amidine groups is 1. The van der Waals surface area contributed by atoms with Crippen molar-refractivity contribution in [2.75, 3.05) is 0 Å². The molecule has 1 heterocycles. The highest BCUT2D eigenvalue weighted by Gasteiger charge is 2.13. The van der Waals surface area contributed by atoms with Gasteiger partial charge >= 0.3 is 0 Å². The number of nitrogens with two attached hydrogens (primary N) is 1. The van der Waals surface area contributed by atoms with Gasteiger partial charge in [0.1, 0.15) is 5.84 Å². The molecular weight excluding hydrogens is 338 g/mol. The first kappa shape index (κ1) is 15.0. The molecule has 0 saturated heterocycles. The van der Waals surface area contributed by atoms with Crippen molar-refractivity contribution in [3.8, 4) is 0 Å². The van der Waals surface area contributed by atoms with Gasteiger partial charge in [-0.3, -0.25) is 0 Å². The van der Waals surface area contributed by atoms with E-state index in [0.29, 0.717) is 6.42 Å². The van der Waals surface area contributed by atoms with Crippen LogP contribution in [0.25, 0.3) is 0 Å². The minimum Gasteiger partial charge on any atom is -0.409 e. The predicted molar refractivity (Wildman–Crippen MR) is 86.1 cm³/mol. The van der Waals surface area contributed by atoms with Gasteiger partial charge in [-0.25, -0.2) is 0 Å². The third-order valence-electron chi connectivity index (χ3n) is 2.90. The summed E-state index contributed by atoms with van der Waals surface area (Å²) in [6.07, 6.45) is 0.465. The fourth-order valence-corrected chi connectivity index (χ4v) is 3.35. The fraction of sp³-hybridized carbons (Fsp3) is 0.214. The van der Waals surface area contributed by atoms with Crippen LogP contribution in [0.5, 0.6) is 0 Å². The van der Waals surface area contributed by atoms with Gasteiger partial charge in [0.2, 0.25) is 0 Å². The Kier molecular flexibility index (Phi) is 5.58. The lowest BCUT2D eigenvalue weighted by molar-refractivity contribution is 0.315. The van der Waals surface area contributed by atoms with E-state index in [-0.39, 0.29) is 11.9 Å². The molecule has 0 aliphatic heterocycles. The highest BCUT2D eigenvalue weighted by molar-refractivity contribution is 9.11. The van der Waals surface area contributed by atoms with Gasteiger partial charge in [0, 0.05) is 23.9 Å². The molecule has 1 atom stereocenters. The standard InChI is InChI=1S/C14H16BrN3OS/c15-13-7-6-11(20-13)9-17-12(8-14(16)18-19)10-4-2-1-3-5-10/h1-7,12,17,19H,8-9H2,(H2,16,18). The predicted octanol–water partition coefficient (Wildman–Crippen LogP) is 3.48. The summed E-state index contributed by atoms with van der Waals surface area (Å²) in [5, 5.41) is 15.3. The molecule has 0 saturated carbocycles. The second-order valence-corrected chi connectivity index (χ2v) is 6.89. The molecule has 0 amide bonds. The molecular formula is C14H16BrN3OS. The number of nitrogens with one attached hydrogen (secondary N) is 1. The maximum Gasteiger partial charge on any atom is 0.141 e. The Morgan fingerprint density at radius 1 is 1.30 bits per heavy atom. The van der Waals surface area contributed by atoms with E-state index >= 15 is 0 Å². The van der Waals surface area contributed by atoms with Crippen LogP contribution >= 0.6 is 27.3 Å². The topological polar surface area (TPSA) is 70.6 Å². The molecule has 0 bridgehead atoms. The van der Waals surface area contributed by atoms with E-state index in [9.17, 15) is 0 Å². The van der Waals surface area contributed by atoms with E-state index in [1.54, 1.807) is 11.3 Å². The number of rotatable bonds is 6. The smallest absolute Gasteiger partial charge is 0.141 e. The normalized spacial score (nSPS) is 13.3. The van der Waals surface area contributed by atoms with Crippen molar-refractivity contribution in [2.24, 2.45) is 10.9 Å². The highest BCUT2D eigenvalue weighted by Crippen LogP contribution is 2.23. The maximum atomic E-state index is 8.75. The van der Waals surface area contributed by atoms with Gasteiger partial charge < -0.3 is 16.3 Å². The highest BCUT2D eigenvalue weighted by atomic mass is 79.9. The van der Waals surface area contributed by atoms with Crippen molar-refractivity contribution in [2.45, 2.75) is 19.0 Å². The Bertz CT molecular complexity index is 571. The Labute approximate surface area is 130 Å². The van der Waals surface area contributed by atoms with Crippen molar-refractivity contribution in [3.05, 3.63) is 56.7 Å². The van der Waals surface area contributed by atoms with E-state index in [0.717, 1.165) is 15.9 Å². The van der Waals surface area contributed by atoms with Crippen LogP contribution < -0.4 is 11.1 Å². The van der Waals surface area contributed by atoms with Gasteiger partial charge in [-0.05, 0) is 33.6 Å². The fourth-order valence-electron chi connectivity index (χ4n) is 1.91. The quantitative estimate of drug-likeness (QED) is 0.322. The molecule has 1 unspecified atom stereocenters. The van der Waals surface area contributed by atoms with Crippen molar-refractivity contribution >= 4 is 33.1 Å². The van der Waals surface area contributed by atoms with E-state index in [1.165, 1.54) is 4.88 Å². The van der Waals surface area contributed by atoms with Crippen LogP contribution in [0.1, 0.15) is 22.9 Å². The minimum atomic E-state index is 0.0213. The van der Waals surface area contributed by atoms with Gasteiger partial charge in [0.15, 0.2) is 0 Å². The van der Waals surface area contributed by atoms with Gasteiger partial charge in [-0.15, -0.1) is 11.3 Å². The van der Waals surface area contributed by atoms with Crippen molar-refractivity contribution in [3.63, 3.8) is 0 Å². The van der Waals surface area contributed by atoms with E-state index in [1.807, 2.05) is 36.4 Å². The molecule has 0 radical (unpaired) electrons. The lowest BCUT2D eigenvalue weighted by Gasteiger charge is -2.18. The van der Waals surface area contributed by atoms with Gasteiger partial charge in [-0.1, -0.05) is 35.5 Å². The molecule has 1 aromatic heterocycles. The molecule has 0 spiro atoms. The number of oxime groups is 1. The average molecular weight is 354 g/mol. The van der Waals surface area contributed by atoms with Crippen molar-refractivity contribution < 1.29 is 5.21 Å². The summed E-state index contributed by atoms with van der Waals surface area (Å²) < 4.78 is 1.11. The summed E-state index contributed by atoms with van der Waals surface area (Å²) in [5.74, 6) is 0.221. The van der Waals surface area contributed by atoms with Crippen LogP contribution in [0.2, 0.25) is 0 Å². The third kappa shape index (κ3) is 4.33. The van der Waals surface area contributed by atoms with Crippen LogP contribution in [0.15, 0.2) is 51.4 Å². The largest absolute Gasteiger partial charge is 0.409 e. The Hall–Kier alpha value is -1.37. The molecule has 0 fully saturated rings. The number of benzene rings is 1. The van der Waals surface area contributed by atoms with E-state index in [2.05, 4.69) is 32.5 Å². The molecule has 0 aliphatic carbocycles. The summed E-state index contributed by atoms with van der Waals surface area (Å²) >= 11 is 5.15. The number of thiophene rings is 1. The molecule has 106 valence electrons. The zero-order valence-corrected chi connectivity index (χ0v) is 13.2. The second kappa shape index (κ2) is 7.42. The SMILES string of the molecule is NC(CC(NCc1ccc(Br)s1)c1ccccc1)=NO. The molecule has 0 aliphatic rings. The van der Waals surface area contributed by atoms with Crippen molar-refractivity contribution in [1.29, 1.82) is 0 Å². The monoisotopic (exact) mass is 353 g/mol.